The van der Waals surface area contributed by atoms with Crippen LogP contribution in [0.4, 0.5) is 0 Å². The van der Waals surface area contributed by atoms with Crippen LogP contribution in [0.3, 0.4) is 0 Å². The third kappa shape index (κ3) is 2.70. The summed E-state index contributed by atoms with van der Waals surface area (Å²) in [6.45, 7) is 7.63. The van der Waals surface area contributed by atoms with Gasteiger partial charge in [-0.25, -0.2) is 4.68 Å². The molecule has 122 valence electrons. The molecule has 0 aliphatic carbocycles. The molecule has 0 aliphatic heterocycles. The molecule has 0 radical (unpaired) electrons. The van der Waals surface area contributed by atoms with E-state index in [4.69, 9.17) is 20.7 Å². The number of rotatable bonds is 4. The highest BCUT2D eigenvalue weighted by Gasteiger charge is 2.23. The molecule has 2 N–H and O–H groups in total. The van der Waals surface area contributed by atoms with Crippen LogP contribution in [0.15, 0.2) is 30.3 Å². The maximum atomic E-state index is 5.73. The maximum Gasteiger partial charge on any atom is 0.186 e. The second-order valence-electron chi connectivity index (χ2n) is 6.59. The zero-order valence-electron chi connectivity index (χ0n) is 14.1. The zero-order valence-corrected chi connectivity index (χ0v) is 14.1. The van der Waals surface area contributed by atoms with Gasteiger partial charge >= 0.3 is 0 Å². The number of nitrogens with two attached hydrogens (primary N) is 1. The van der Waals surface area contributed by atoms with Crippen molar-refractivity contribution in [3.05, 3.63) is 36.0 Å². The van der Waals surface area contributed by atoms with Crippen LogP contribution in [0.25, 0.3) is 17.0 Å². The number of aromatic nitrogens is 4. The van der Waals surface area contributed by atoms with Crippen molar-refractivity contribution < 1.29 is 4.74 Å². The van der Waals surface area contributed by atoms with E-state index in [1.54, 1.807) is 7.11 Å². The Morgan fingerprint density at radius 1 is 1.17 bits per heavy atom. The summed E-state index contributed by atoms with van der Waals surface area (Å²) in [4.78, 5) is 0. The monoisotopic (exact) mass is 313 g/mol. The van der Waals surface area contributed by atoms with Gasteiger partial charge in [-0.05, 0) is 12.1 Å². The number of hydrogen-bond donors (Lipinski definition) is 1. The molecule has 23 heavy (non-hydrogen) atoms. The molecule has 0 bridgehead atoms. The Balaban J connectivity index is 2.26. The van der Waals surface area contributed by atoms with Crippen molar-refractivity contribution >= 4 is 5.65 Å². The lowest BCUT2D eigenvalue weighted by Crippen LogP contribution is -2.13. The van der Waals surface area contributed by atoms with E-state index in [0.717, 1.165) is 28.5 Å². The fourth-order valence-corrected chi connectivity index (χ4v) is 2.57. The minimum absolute atomic E-state index is 0.0301. The topological polar surface area (TPSA) is 70.4 Å². The molecule has 0 spiro atoms. The van der Waals surface area contributed by atoms with Crippen LogP contribution in [-0.4, -0.2) is 33.0 Å². The van der Waals surface area contributed by atoms with Crippen LogP contribution in [0.1, 0.15) is 26.5 Å². The van der Waals surface area contributed by atoms with Crippen molar-refractivity contribution in [2.24, 2.45) is 5.73 Å². The van der Waals surface area contributed by atoms with Crippen LogP contribution in [0.2, 0.25) is 0 Å². The van der Waals surface area contributed by atoms with E-state index in [9.17, 15) is 0 Å². The van der Waals surface area contributed by atoms with Gasteiger partial charge in [0.25, 0.3) is 0 Å². The average Bonchev–Trinajstić information content (AvgIpc) is 3.08. The summed E-state index contributed by atoms with van der Waals surface area (Å²) < 4.78 is 9.27. The fraction of sp³-hybridized carbons (Fsp3) is 0.412. The standard InChI is InChI=1S/C17H23N5O/c1-17(2,3)14-11-15-21(10-9-18)20-16(22(15)19-14)12-7-5-6-8-13(12)23-4/h5-8,11H,9-10,18H2,1-4H3. The Labute approximate surface area is 135 Å². The van der Waals surface area contributed by atoms with Gasteiger partial charge in [0.1, 0.15) is 5.75 Å². The molecule has 0 unspecified atom stereocenters. The number of para-hydroxylation sites is 1. The lowest BCUT2D eigenvalue weighted by atomic mass is 9.93. The fourth-order valence-electron chi connectivity index (χ4n) is 2.57. The Morgan fingerprint density at radius 3 is 2.57 bits per heavy atom. The SMILES string of the molecule is COc1ccccc1-c1nn(CCN)c2cc(C(C)(C)C)nn12. The van der Waals surface area contributed by atoms with E-state index < -0.39 is 0 Å². The summed E-state index contributed by atoms with van der Waals surface area (Å²) in [6, 6.07) is 9.92. The average molecular weight is 313 g/mol. The van der Waals surface area contributed by atoms with E-state index in [-0.39, 0.29) is 5.41 Å². The molecule has 0 atom stereocenters. The number of hydrogen-bond acceptors (Lipinski definition) is 4. The Bertz CT molecular complexity index is 825. The molecule has 0 saturated heterocycles. The molecule has 1 aromatic carbocycles. The van der Waals surface area contributed by atoms with Crippen LogP contribution in [0, 0.1) is 0 Å². The molecule has 6 nitrogen and oxygen atoms in total. The van der Waals surface area contributed by atoms with Gasteiger partial charge in [0.05, 0.1) is 24.9 Å². The number of benzene rings is 1. The smallest absolute Gasteiger partial charge is 0.186 e. The van der Waals surface area contributed by atoms with Crippen LogP contribution in [0.5, 0.6) is 5.75 Å². The molecule has 0 amide bonds. The minimum Gasteiger partial charge on any atom is -0.496 e. The van der Waals surface area contributed by atoms with Crippen LogP contribution < -0.4 is 10.5 Å². The zero-order chi connectivity index (χ0) is 16.6. The summed E-state index contributed by atoms with van der Waals surface area (Å²) in [5.41, 5.74) is 8.59. The van der Waals surface area contributed by atoms with Gasteiger partial charge in [0, 0.05) is 18.0 Å². The largest absolute Gasteiger partial charge is 0.496 e. The quantitative estimate of drug-likeness (QED) is 0.803. The van der Waals surface area contributed by atoms with Crippen molar-refractivity contribution in [1.82, 2.24) is 19.4 Å². The van der Waals surface area contributed by atoms with Crippen molar-refractivity contribution in [1.29, 1.82) is 0 Å². The molecule has 3 aromatic rings. The van der Waals surface area contributed by atoms with Gasteiger partial charge in [-0.3, -0.25) is 0 Å². The van der Waals surface area contributed by atoms with Gasteiger partial charge in [0.15, 0.2) is 11.5 Å². The third-order valence-corrected chi connectivity index (χ3v) is 3.83. The first-order valence-corrected chi connectivity index (χ1v) is 7.76. The molecule has 0 aliphatic rings. The van der Waals surface area contributed by atoms with Crippen LogP contribution >= 0.6 is 0 Å². The predicted molar refractivity (Wildman–Crippen MR) is 90.7 cm³/mol. The Hall–Kier alpha value is -2.34. The molecular formula is C17H23N5O. The van der Waals surface area contributed by atoms with Gasteiger partial charge < -0.3 is 10.5 Å². The summed E-state index contributed by atoms with van der Waals surface area (Å²) >= 11 is 0. The summed E-state index contributed by atoms with van der Waals surface area (Å²) in [5.74, 6) is 1.54. The summed E-state index contributed by atoms with van der Waals surface area (Å²) in [5, 5.41) is 9.47. The molecule has 0 fully saturated rings. The molecule has 6 heteroatoms. The molecule has 3 rings (SSSR count). The second-order valence-corrected chi connectivity index (χ2v) is 6.59. The lowest BCUT2D eigenvalue weighted by molar-refractivity contribution is 0.416. The first-order chi connectivity index (χ1) is 11.0. The number of fused-ring (bicyclic) bond motifs is 1. The van der Waals surface area contributed by atoms with E-state index >= 15 is 0 Å². The van der Waals surface area contributed by atoms with Crippen LogP contribution in [-0.2, 0) is 12.0 Å². The maximum absolute atomic E-state index is 5.73. The number of nitrogens with zero attached hydrogens (tertiary/aromatic N) is 4. The minimum atomic E-state index is -0.0301. The van der Waals surface area contributed by atoms with Crippen molar-refractivity contribution in [3.8, 4) is 17.1 Å². The van der Waals surface area contributed by atoms with Crippen molar-refractivity contribution in [2.75, 3.05) is 13.7 Å². The van der Waals surface area contributed by atoms with Gasteiger partial charge in [-0.15, -0.1) is 0 Å². The summed E-state index contributed by atoms with van der Waals surface area (Å²) in [7, 11) is 1.66. The predicted octanol–water partition coefficient (Wildman–Crippen LogP) is 2.46. The van der Waals surface area contributed by atoms with E-state index in [0.29, 0.717) is 13.1 Å². The van der Waals surface area contributed by atoms with Crippen molar-refractivity contribution in [3.63, 3.8) is 0 Å². The lowest BCUT2D eigenvalue weighted by Gasteiger charge is -2.14. The number of methoxy groups -OCH3 is 1. The highest BCUT2D eigenvalue weighted by molar-refractivity contribution is 5.66. The Morgan fingerprint density at radius 2 is 1.91 bits per heavy atom. The Kier molecular flexibility index (Phi) is 3.85. The first kappa shape index (κ1) is 15.6. The van der Waals surface area contributed by atoms with Gasteiger partial charge in [0.2, 0.25) is 0 Å². The number of ether oxygens (including phenoxy) is 1. The first-order valence-electron chi connectivity index (χ1n) is 7.76. The van der Waals surface area contributed by atoms with E-state index in [2.05, 4.69) is 26.8 Å². The molecule has 2 heterocycles. The normalized spacial score (nSPS) is 12.0. The molecule has 0 saturated carbocycles. The van der Waals surface area contributed by atoms with E-state index in [1.807, 2.05) is 33.5 Å². The summed E-state index contributed by atoms with van der Waals surface area (Å²) in [6.07, 6.45) is 0. The molecular weight excluding hydrogens is 290 g/mol. The van der Waals surface area contributed by atoms with Gasteiger partial charge in [-0.2, -0.15) is 14.7 Å². The third-order valence-electron chi connectivity index (χ3n) is 3.83. The molecule has 2 aromatic heterocycles. The van der Waals surface area contributed by atoms with E-state index in [1.165, 1.54) is 0 Å². The van der Waals surface area contributed by atoms with Crippen molar-refractivity contribution in [2.45, 2.75) is 32.7 Å². The van der Waals surface area contributed by atoms with Gasteiger partial charge in [-0.1, -0.05) is 32.9 Å². The highest BCUT2D eigenvalue weighted by atomic mass is 16.5. The second kappa shape index (κ2) is 5.70. The highest BCUT2D eigenvalue weighted by Crippen LogP contribution is 2.30.